The van der Waals surface area contributed by atoms with Crippen molar-refractivity contribution in [3.63, 3.8) is 0 Å². The van der Waals surface area contributed by atoms with Crippen molar-refractivity contribution >= 4 is 39.3 Å². The van der Waals surface area contributed by atoms with Crippen molar-refractivity contribution in [2.45, 2.75) is 0 Å². The summed E-state index contributed by atoms with van der Waals surface area (Å²) in [5, 5.41) is 17.9. The number of rotatable bonds is 5. The van der Waals surface area contributed by atoms with E-state index in [2.05, 4.69) is 20.5 Å². The van der Waals surface area contributed by atoms with Crippen LogP contribution in [0.25, 0.3) is 21.3 Å². The fourth-order valence-electron chi connectivity index (χ4n) is 2.73. The molecule has 1 N–H and O–H groups in total. The van der Waals surface area contributed by atoms with E-state index in [4.69, 9.17) is 0 Å². The van der Waals surface area contributed by atoms with Crippen LogP contribution < -0.4 is 5.43 Å². The van der Waals surface area contributed by atoms with Gasteiger partial charge in [0, 0.05) is 17.0 Å². The average molecular weight is 393 g/mol. The van der Waals surface area contributed by atoms with Crippen molar-refractivity contribution in [1.29, 1.82) is 0 Å². The van der Waals surface area contributed by atoms with Crippen LogP contribution in [0.5, 0.6) is 0 Å². The van der Waals surface area contributed by atoms with Gasteiger partial charge in [0.2, 0.25) is 0 Å². The molecule has 138 valence electrons. The quantitative estimate of drug-likeness (QED) is 0.297. The number of nitrogens with zero attached hydrogens (tertiary/aromatic N) is 4. The topological polar surface area (TPSA) is 93.3 Å². The Hall–Kier alpha value is -3.72. The molecule has 9 heteroatoms. The number of benzene rings is 2. The minimum atomic E-state index is -0.463. The number of fused-ring (bicyclic) bond motifs is 1. The van der Waals surface area contributed by atoms with E-state index in [1.54, 1.807) is 30.3 Å². The highest BCUT2D eigenvalue weighted by atomic mass is 32.1. The Balaban J connectivity index is 1.69. The molecule has 0 amide bonds. The minimum Gasteiger partial charge on any atom is -0.261 e. The maximum atomic E-state index is 13.2. The van der Waals surface area contributed by atoms with Gasteiger partial charge in [-0.15, -0.1) is 11.3 Å². The molecule has 0 aliphatic carbocycles. The highest BCUT2D eigenvalue weighted by molar-refractivity contribution is 7.17. The third-order valence-corrected chi connectivity index (χ3v) is 4.92. The molecule has 7 nitrogen and oxygen atoms in total. The van der Waals surface area contributed by atoms with Gasteiger partial charge in [0.05, 0.1) is 22.1 Å². The van der Waals surface area contributed by atoms with E-state index in [1.165, 1.54) is 42.1 Å². The van der Waals surface area contributed by atoms with Gasteiger partial charge in [-0.1, -0.05) is 24.3 Å². The van der Waals surface area contributed by atoms with Gasteiger partial charge in [-0.05, 0) is 23.8 Å². The zero-order chi connectivity index (χ0) is 19.5. The van der Waals surface area contributed by atoms with Gasteiger partial charge < -0.3 is 0 Å². The number of anilines is 1. The summed E-state index contributed by atoms with van der Waals surface area (Å²) in [5.74, 6) is 0.146. The number of hydrogen-bond donors (Lipinski definition) is 1. The Kier molecular flexibility index (Phi) is 4.73. The van der Waals surface area contributed by atoms with Crippen LogP contribution in [-0.4, -0.2) is 21.1 Å². The normalized spacial score (nSPS) is 11.2. The number of thiophene rings is 1. The van der Waals surface area contributed by atoms with Crippen molar-refractivity contribution in [3.8, 4) is 11.1 Å². The maximum Gasteiger partial charge on any atom is 0.278 e. The standard InChI is InChI=1S/C19H12FN5O2S/c20-14-7-5-12(6-8-14)15-10-28-19-17(15)18(21-11-22-19)24-23-9-13-3-1-2-4-16(13)25(26)27/h1-11H,(H,21,22,24)/b23-9-. The highest BCUT2D eigenvalue weighted by Crippen LogP contribution is 2.36. The van der Waals surface area contributed by atoms with Gasteiger partial charge in [0.25, 0.3) is 5.69 Å². The van der Waals surface area contributed by atoms with Gasteiger partial charge in [-0.2, -0.15) is 5.10 Å². The largest absolute Gasteiger partial charge is 0.278 e. The first-order valence-electron chi connectivity index (χ1n) is 8.14. The number of hydrogen-bond acceptors (Lipinski definition) is 7. The molecule has 28 heavy (non-hydrogen) atoms. The van der Waals surface area contributed by atoms with Crippen molar-refractivity contribution in [2.75, 3.05) is 5.43 Å². The lowest BCUT2D eigenvalue weighted by atomic mass is 10.1. The van der Waals surface area contributed by atoms with Gasteiger partial charge in [-0.25, -0.2) is 14.4 Å². The number of hydrazone groups is 1. The van der Waals surface area contributed by atoms with Crippen molar-refractivity contribution in [1.82, 2.24) is 9.97 Å². The molecule has 4 rings (SSSR count). The van der Waals surface area contributed by atoms with Crippen molar-refractivity contribution in [2.24, 2.45) is 5.10 Å². The summed E-state index contributed by atoms with van der Waals surface area (Å²) in [4.78, 5) is 19.9. The van der Waals surface area contributed by atoms with Gasteiger partial charge in [-0.3, -0.25) is 15.5 Å². The van der Waals surface area contributed by atoms with E-state index >= 15 is 0 Å². The maximum absolute atomic E-state index is 13.2. The van der Waals surface area contributed by atoms with E-state index in [0.29, 0.717) is 11.4 Å². The second kappa shape index (κ2) is 7.49. The summed E-state index contributed by atoms with van der Waals surface area (Å²) < 4.78 is 13.2. The highest BCUT2D eigenvalue weighted by Gasteiger charge is 2.13. The fourth-order valence-corrected chi connectivity index (χ4v) is 3.64. The second-order valence-corrected chi connectivity index (χ2v) is 6.60. The predicted molar refractivity (Wildman–Crippen MR) is 107 cm³/mol. The van der Waals surface area contributed by atoms with Crippen LogP contribution in [0.15, 0.2) is 65.3 Å². The van der Waals surface area contributed by atoms with Crippen molar-refractivity contribution in [3.05, 3.63) is 81.7 Å². The lowest BCUT2D eigenvalue weighted by molar-refractivity contribution is -0.385. The molecule has 0 radical (unpaired) electrons. The SMILES string of the molecule is O=[N+]([O-])c1ccccc1/C=N\Nc1ncnc2scc(-c3ccc(F)cc3)c12. The molecule has 0 spiro atoms. The van der Waals surface area contributed by atoms with E-state index in [0.717, 1.165) is 21.3 Å². The third-order valence-electron chi connectivity index (χ3n) is 4.03. The van der Waals surface area contributed by atoms with Gasteiger partial charge in [0.15, 0.2) is 5.82 Å². The molecular formula is C19H12FN5O2S. The summed E-state index contributed by atoms with van der Waals surface area (Å²) in [6.07, 6.45) is 2.78. The second-order valence-electron chi connectivity index (χ2n) is 5.74. The van der Waals surface area contributed by atoms with E-state index < -0.39 is 4.92 Å². The first-order chi connectivity index (χ1) is 13.6. The number of halogens is 1. The van der Waals surface area contributed by atoms with Crippen LogP contribution in [0.2, 0.25) is 0 Å². The monoisotopic (exact) mass is 393 g/mol. The molecule has 0 aliphatic heterocycles. The van der Waals surface area contributed by atoms with Crippen molar-refractivity contribution < 1.29 is 9.31 Å². The smallest absolute Gasteiger partial charge is 0.261 e. The number of para-hydroxylation sites is 1. The lowest BCUT2D eigenvalue weighted by Gasteiger charge is -2.05. The molecule has 0 saturated carbocycles. The summed E-state index contributed by atoms with van der Waals surface area (Å²) in [7, 11) is 0. The Bertz CT molecular complexity index is 1190. The third kappa shape index (κ3) is 3.42. The Morgan fingerprint density at radius 1 is 1.14 bits per heavy atom. The van der Waals surface area contributed by atoms with E-state index in [9.17, 15) is 14.5 Å². The average Bonchev–Trinajstić information content (AvgIpc) is 3.14. The molecule has 2 aromatic carbocycles. The molecule has 0 unspecified atom stereocenters. The minimum absolute atomic E-state index is 0.0385. The molecule has 0 saturated heterocycles. The molecule has 0 aliphatic rings. The lowest BCUT2D eigenvalue weighted by Crippen LogP contribution is -1.98. The molecule has 0 atom stereocenters. The first kappa shape index (κ1) is 17.7. The summed E-state index contributed by atoms with van der Waals surface area (Å²) in [6.45, 7) is 0. The fraction of sp³-hybridized carbons (Fsp3) is 0. The Morgan fingerprint density at radius 3 is 2.71 bits per heavy atom. The van der Waals surface area contributed by atoms with Gasteiger partial charge >= 0.3 is 0 Å². The van der Waals surface area contributed by atoms with Crippen LogP contribution in [0.4, 0.5) is 15.9 Å². The summed E-state index contributed by atoms with van der Waals surface area (Å²) in [5.41, 5.74) is 4.85. The molecule has 2 heterocycles. The van der Waals surface area contributed by atoms with Crippen LogP contribution in [-0.2, 0) is 0 Å². The molecule has 0 bridgehead atoms. The van der Waals surface area contributed by atoms with Crippen LogP contribution in [0.1, 0.15) is 5.56 Å². The number of nitro benzene ring substituents is 1. The molecule has 2 aromatic heterocycles. The number of aromatic nitrogens is 2. The molecular weight excluding hydrogens is 381 g/mol. The first-order valence-corrected chi connectivity index (χ1v) is 9.02. The van der Waals surface area contributed by atoms with E-state index in [-0.39, 0.29) is 11.5 Å². The summed E-state index contributed by atoms with van der Waals surface area (Å²) >= 11 is 1.44. The van der Waals surface area contributed by atoms with Gasteiger partial charge in [0.1, 0.15) is 17.0 Å². The molecule has 0 fully saturated rings. The van der Waals surface area contributed by atoms with Crippen LogP contribution in [0, 0.1) is 15.9 Å². The molecule has 4 aromatic rings. The number of nitro groups is 1. The predicted octanol–water partition coefficient (Wildman–Crippen LogP) is 4.85. The Morgan fingerprint density at radius 2 is 1.93 bits per heavy atom. The van der Waals surface area contributed by atoms with E-state index in [1.807, 2.05) is 5.38 Å². The zero-order valence-corrected chi connectivity index (χ0v) is 15.1. The van der Waals surface area contributed by atoms with Crippen LogP contribution in [0.3, 0.4) is 0 Å². The summed E-state index contributed by atoms with van der Waals surface area (Å²) in [6, 6.07) is 12.5. The Labute approximate surface area is 162 Å². The van der Waals surface area contributed by atoms with Crippen LogP contribution >= 0.6 is 11.3 Å². The number of nitrogens with one attached hydrogen (secondary N) is 1. The zero-order valence-electron chi connectivity index (χ0n) is 14.2.